The second kappa shape index (κ2) is 6.92. The molecule has 0 bridgehead atoms. The van der Waals surface area contributed by atoms with Crippen molar-refractivity contribution >= 4 is 12.1 Å². The summed E-state index contributed by atoms with van der Waals surface area (Å²) in [6.45, 7) is 6.70. The first-order chi connectivity index (χ1) is 7.72. The average Bonchev–Trinajstić information content (AvgIpc) is 2.77. The van der Waals surface area contributed by atoms with Crippen molar-refractivity contribution in [1.29, 1.82) is 0 Å². The highest BCUT2D eigenvalue weighted by Crippen LogP contribution is 1.95. The van der Waals surface area contributed by atoms with Crippen LogP contribution in [-0.2, 0) is 4.74 Å². The summed E-state index contributed by atoms with van der Waals surface area (Å²) in [7, 11) is 0. The molecule has 6 nitrogen and oxygen atoms in total. The summed E-state index contributed by atoms with van der Waals surface area (Å²) >= 11 is 0. The smallest absolute Gasteiger partial charge is 0.407 e. The fourth-order valence-electron chi connectivity index (χ4n) is 1.17. The third kappa shape index (κ3) is 4.86. The van der Waals surface area contributed by atoms with Gasteiger partial charge in [-0.3, -0.25) is 4.99 Å². The molecular formula is C10H20N4O2. The van der Waals surface area contributed by atoms with Gasteiger partial charge in [-0.1, -0.05) is 6.92 Å². The van der Waals surface area contributed by atoms with Gasteiger partial charge in [0.1, 0.15) is 6.10 Å². The monoisotopic (exact) mass is 228 g/mol. The fraction of sp³-hybridized carbons (Fsp3) is 0.800. The molecule has 6 heteroatoms. The molecule has 0 unspecified atom stereocenters. The zero-order valence-corrected chi connectivity index (χ0v) is 9.88. The number of ether oxygens (including phenoxy) is 1. The summed E-state index contributed by atoms with van der Waals surface area (Å²) in [5.74, 6) is 0.803. The number of hydrogen-bond acceptors (Lipinski definition) is 5. The third-order valence-electron chi connectivity index (χ3n) is 2.24. The summed E-state index contributed by atoms with van der Waals surface area (Å²) < 4.78 is 5.05. The number of nitrogens with zero attached hydrogens (tertiary/aromatic N) is 1. The number of carbonyl (C=O) groups excluding carboxylic acids is 1. The van der Waals surface area contributed by atoms with Gasteiger partial charge in [-0.05, 0) is 13.3 Å². The van der Waals surface area contributed by atoms with Crippen LogP contribution in [-0.4, -0.2) is 44.3 Å². The Morgan fingerprint density at radius 2 is 2.44 bits per heavy atom. The van der Waals surface area contributed by atoms with E-state index < -0.39 is 0 Å². The second-order valence-electron chi connectivity index (χ2n) is 3.63. The first-order valence-electron chi connectivity index (χ1n) is 5.69. The van der Waals surface area contributed by atoms with Gasteiger partial charge in [0.05, 0.1) is 6.54 Å². The fourth-order valence-corrected chi connectivity index (χ4v) is 1.17. The highest BCUT2D eigenvalue weighted by Gasteiger charge is 2.06. The molecule has 3 N–H and O–H groups in total. The Hall–Kier alpha value is -1.46. The van der Waals surface area contributed by atoms with Crippen molar-refractivity contribution in [3.63, 3.8) is 0 Å². The molecule has 0 saturated heterocycles. The van der Waals surface area contributed by atoms with Crippen molar-refractivity contribution in [2.24, 2.45) is 4.99 Å². The second-order valence-corrected chi connectivity index (χ2v) is 3.63. The highest BCUT2D eigenvalue weighted by atomic mass is 16.6. The Balaban J connectivity index is 1.99. The molecule has 0 aromatic heterocycles. The van der Waals surface area contributed by atoms with Crippen LogP contribution < -0.4 is 16.0 Å². The molecule has 16 heavy (non-hydrogen) atoms. The summed E-state index contributed by atoms with van der Waals surface area (Å²) in [6.07, 6.45) is 0.429. The van der Waals surface area contributed by atoms with E-state index in [1.807, 2.05) is 13.8 Å². The number of nitrogens with one attached hydrogen (secondary N) is 3. The van der Waals surface area contributed by atoms with Crippen LogP contribution in [0.5, 0.6) is 0 Å². The van der Waals surface area contributed by atoms with Crippen molar-refractivity contribution < 1.29 is 9.53 Å². The Morgan fingerprint density at radius 3 is 3.06 bits per heavy atom. The Kier molecular flexibility index (Phi) is 5.45. The van der Waals surface area contributed by atoms with Crippen LogP contribution in [0.15, 0.2) is 4.99 Å². The van der Waals surface area contributed by atoms with Crippen molar-refractivity contribution in [1.82, 2.24) is 16.0 Å². The quantitative estimate of drug-likeness (QED) is 0.582. The molecule has 0 aromatic carbocycles. The highest BCUT2D eigenvalue weighted by molar-refractivity contribution is 5.81. The SMILES string of the molecule is CC[C@@H](C)OC(=O)NCCNC1=NCCN1. The van der Waals surface area contributed by atoms with Crippen LogP contribution in [0.3, 0.4) is 0 Å². The van der Waals surface area contributed by atoms with Gasteiger partial charge in [0.2, 0.25) is 0 Å². The third-order valence-corrected chi connectivity index (χ3v) is 2.24. The topological polar surface area (TPSA) is 74.8 Å². The van der Waals surface area contributed by atoms with Crippen LogP contribution in [0.1, 0.15) is 20.3 Å². The van der Waals surface area contributed by atoms with Crippen LogP contribution in [0.25, 0.3) is 0 Å². The minimum absolute atomic E-state index is 0.0335. The number of alkyl carbamates (subject to hydrolysis) is 1. The lowest BCUT2D eigenvalue weighted by atomic mass is 10.3. The molecule has 0 fully saturated rings. The molecule has 0 aromatic rings. The first-order valence-corrected chi connectivity index (χ1v) is 5.69. The number of hydrogen-bond donors (Lipinski definition) is 3. The van der Waals surface area contributed by atoms with Crippen LogP contribution in [0, 0.1) is 0 Å². The standard InChI is InChI=1S/C10H20N4O2/c1-3-8(2)16-10(15)14-7-6-13-9-11-4-5-12-9/h8H,3-7H2,1-2H3,(H,14,15)(H2,11,12,13)/t8-/m1/s1. The zero-order chi connectivity index (χ0) is 11.8. The van der Waals surface area contributed by atoms with Gasteiger partial charge in [-0.15, -0.1) is 0 Å². The molecule has 0 radical (unpaired) electrons. The Morgan fingerprint density at radius 1 is 1.62 bits per heavy atom. The molecule has 1 aliphatic rings. The van der Waals surface area contributed by atoms with Crippen molar-refractivity contribution in [2.75, 3.05) is 26.2 Å². The number of aliphatic imine (C=N–C) groups is 1. The maximum Gasteiger partial charge on any atom is 0.407 e. The van der Waals surface area contributed by atoms with Gasteiger partial charge in [-0.2, -0.15) is 0 Å². The zero-order valence-electron chi connectivity index (χ0n) is 9.88. The van der Waals surface area contributed by atoms with E-state index in [1.165, 1.54) is 0 Å². The van der Waals surface area contributed by atoms with E-state index in [-0.39, 0.29) is 12.2 Å². The molecule has 1 heterocycles. The number of carbonyl (C=O) groups is 1. The Bertz CT molecular complexity index is 255. The van der Waals surface area contributed by atoms with Gasteiger partial charge in [0, 0.05) is 19.6 Å². The molecule has 1 rings (SSSR count). The van der Waals surface area contributed by atoms with Crippen molar-refractivity contribution in [3.8, 4) is 0 Å². The predicted octanol–water partition coefficient (Wildman–Crippen LogP) is 0.0599. The largest absolute Gasteiger partial charge is 0.447 e. The van der Waals surface area contributed by atoms with Crippen molar-refractivity contribution in [2.45, 2.75) is 26.4 Å². The van der Waals surface area contributed by atoms with E-state index in [1.54, 1.807) is 0 Å². The van der Waals surface area contributed by atoms with Gasteiger partial charge in [0.25, 0.3) is 0 Å². The molecule has 1 atom stereocenters. The number of rotatable bonds is 5. The number of guanidine groups is 1. The van der Waals surface area contributed by atoms with Crippen molar-refractivity contribution in [3.05, 3.63) is 0 Å². The lowest BCUT2D eigenvalue weighted by Gasteiger charge is -2.12. The lowest BCUT2D eigenvalue weighted by Crippen LogP contribution is -2.39. The van der Waals surface area contributed by atoms with Crippen LogP contribution in [0.2, 0.25) is 0 Å². The summed E-state index contributed by atoms with van der Waals surface area (Å²) in [4.78, 5) is 15.4. The molecule has 1 aliphatic heterocycles. The van der Waals surface area contributed by atoms with Gasteiger partial charge < -0.3 is 20.7 Å². The van der Waals surface area contributed by atoms with E-state index in [0.29, 0.717) is 13.1 Å². The molecule has 92 valence electrons. The summed E-state index contributed by atoms with van der Waals surface area (Å²) in [5, 5.41) is 8.82. The molecule has 0 aliphatic carbocycles. The summed E-state index contributed by atoms with van der Waals surface area (Å²) in [5.41, 5.74) is 0. The van der Waals surface area contributed by atoms with Gasteiger partial charge >= 0.3 is 6.09 Å². The van der Waals surface area contributed by atoms with E-state index in [0.717, 1.165) is 25.5 Å². The first kappa shape index (κ1) is 12.6. The van der Waals surface area contributed by atoms with E-state index >= 15 is 0 Å². The maximum atomic E-state index is 11.2. The molecule has 0 saturated carbocycles. The maximum absolute atomic E-state index is 11.2. The Labute approximate surface area is 95.8 Å². The normalized spacial score (nSPS) is 16.0. The predicted molar refractivity (Wildman–Crippen MR) is 62.5 cm³/mol. The number of amides is 1. The van der Waals surface area contributed by atoms with Gasteiger partial charge in [-0.25, -0.2) is 4.79 Å². The van der Waals surface area contributed by atoms with E-state index in [4.69, 9.17) is 4.74 Å². The van der Waals surface area contributed by atoms with Crippen LogP contribution in [0.4, 0.5) is 4.79 Å². The van der Waals surface area contributed by atoms with Crippen LogP contribution >= 0.6 is 0 Å². The van der Waals surface area contributed by atoms with Gasteiger partial charge in [0.15, 0.2) is 5.96 Å². The molecular weight excluding hydrogens is 208 g/mol. The minimum atomic E-state index is -0.363. The minimum Gasteiger partial charge on any atom is -0.447 e. The molecule has 1 amide bonds. The lowest BCUT2D eigenvalue weighted by molar-refractivity contribution is 0.105. The molecule has 0 spiro atoms. The average molecular weight is 228 g/mol. The summed E-state index contributed by atoms with van der Waals surface area (Å²) in [6, 6.07) is 0. The van der Waals surface area contributed by atoms with E-state index in [2.05, 4.69) is 20.9 Å². The van der Waals surface area contributed by atoms with E-state index in [9.17, 15) is 4.79 Å².